The van der Waals surface area contributed by atoms with Crippen LogP contribution in [-0.4, -0.2) is 53.0 Å². The van der Waals surface area contributed by atoms with Crippen LogP contribution in [0, 0.1) is 0 Å². The standard InChI is InChI=1S/C15H24N2O3/c1-15(20-5,11-19-4)10-16-14(18)12-7-6-8-13(9-12)17(2)3/h6-9H,10-11H2,1-5H3,(H,16,18). The first-order valence-corrected chi connectivity index (χ1v) is 6.51. The van der Waals surface area contributed by atoms with Crippen LogP contribution in [0.5, 0.6) is 0 Å². The fourth-order valence-corrected chi connectivity index (χ4v) is 1.78. The SMILES string of the molecule is COCC(C)(CNC(=O)c1cccc(N(C)C)c1)OC. The van der Waals surface area contributed by atoms with E-state index in [0.29, 0.717) is 18.7 Å². The molecule has 20 heavy (non-hydrogen) atoms. The van der Waals surface area contributed by atoms with E-state index < -0.39 is 5.60 Å². The Labute approximate surface area is 120 Å². The van der Waals surface area contributed by atoms with Crippen LogP contribution >= 0.6 is 0 Å². The summed E-state index contributed by atoms with van der Waals surface area (Å²) in [6, 6.07) is 7.48. The molecule has 0 aliphatic heterocycles. The quantitative estimate of drug-likeness (QED) is 0.823. The Hall–Kier alpha value is -1.59. The van der Waals surface area contributed by atoms with E-state index in [2.05, 4.69) is 5.32 Å². The first kappa shape index (κ1) is 16.5. The molecule has 0 saturated heterocycles. The molecule has 1 aromatic rings. The molecule has 0 bridgehead atoms. The summed E-state index contributed by atoms with van der Waals surface area (Å²) < 4.78 is 10.5. The zero-order valence-electron chi connectivity index (χ0n) is 12.9. The summed E-state index contributed by atoms with van der Waals surface area (Å²) >= 11 is 0. The molecule has 1 atom stereocenters. The van der Waals surface area contributed by atoms with Gasteiger partial charge in [-0.25, -0.2) is 0 Å². The highest BCUT2D eigenvalue weighted by atomic mass is 16.5. The average Bonchev–Trinajstić information content (AvgIpc) is 2.45. The predicted octanol–water partition coefficient (Wildman–Crippen LogP) is 1.53. The smallest absolute Gasteiger partial charge is 0.251 e. The number of ether oxygens (including phenoxy) is 2. The molecule has 0 heterocycles. The Morgan fingerprint density at radius 1 is 1.35 bits per heavy atom. The number of nitrogens with zero attached hydrogens (tertiary/aromatic N) is 1. The summed E-state index contributed by atoms with van der Waals surface area (Å²) in [5, 5.41) is 2.88. The molecular weight excluding hydrogens is 256 g/mol. The van der Waals surface area contributed by atoms with Gasteiger partial charge in [0.15, 0.2) is 0 Å². The minimum atomic E-state index is -0.524. The molecule has 5 nitrogen and oxygen atoms in total. The summed E-state index contributed by atoms with van der Waals surface area (Å²) in [4.78, 5) is 14.1. The Balaban J connectivity index is 2.69. The lowest BCUT2D eigenvalue weighted by atomic mass is 10.1. The molecule has 5 heteroatoms. The maximum atomic E-state index is 12.2. The molecule has 0 saturated carbocycles. The first-order chi connectivity index (χ1) is 9.41. The second-order valence-corrected chi connectivity index (χ2v) is 5.21. The molecular formula is C15H24N2O3. The minimum Gasteiger partial charge on any atom is -0.382 e. The molecule has 1 unspecified atom stereocenters. The second-order valence-electron chi connectivity index (χ2n) is 5.21. The van der Waals surface area contributed by atoms with E-state index in [1.165, 1.54) is 0 Å². The molecule has 0 aromatic heterocycles. The van der Waals surface area contributed by atoms with Gasteiger partial charge in [0, 0.05) is 46.1 Å². The van der Waals surface area contributed by atoms with Gasteiger partial charge in [-0.15, -0.1) is 0 Å². The van der Waals surface area contributed by atoms with Gasteiger partial charge >= 0.3 is 0 Å². The van der Waals surface area contributed by atoms with Gasteiger partial charge in [0.2, 0.25) is 0 Å². The highest BCUT2D eigenvalue weighted by Crippen LogP contribution is 2.14. The Bertz CT molecular complexity index is 448. The van der Waals surface area contributed by atoms with E-state index >= 15 is 0 Å². The predicted molar refractivity (Wildman–Crippen MR) is 80.4 cm³/mol. The van der Waals surface area contributed by atoms with Crippen molar-refractivity contribution in [1.82, 2.24) is 5.32 Å². The summed E-state index contributed by atoms with van der Waals surface area (Å²) in [5.74, 6) is -0.118. The summed E-state index contributed by atoms with van der Waals surface area (Å²) in [6.07, 6.45) is 0. The van der Waals surface area contributed by atoms with Crippen LogP contribution in [0.15, 0.2) is 24.3 Å². The van der Waals surface area contributed by atoms with Crippen LogP contribution in [0.3, 0.4) is 0 Å². The second kappa shape index (κ2) is 7.26. The lowest BCUT2D eigenvalue weighted by Crippen LogP contribution is -2.45. The van der Waals surface area contributed by atoms with Crippen molar-refractivity contribution in [2.45, 2.75) is 12.5 Å². The molecule has 0 aliphatic carbocycles. The molecule has 1 N–H and O–H groups in total. The number of hydrogen-bond acceptors (Lipinski definition) is 4. The van der Waals surface area contributed by atoms with Crippen molar-refractivity contribution in [3.05, 3.63) is 29.8 Å². The number of amides is 1. The maximum absolute atomic E-state index is 12.2. The van der Waals surface area contributed by atoms with Crippen molar-refractivity contribution in [2.24, 2.45) is 0 Å². The lowest BCUT2D eigenvalue weighted by Gasteiger charge is -2.27. The van der Waals surface area contributed by atoms with Gasteiger partial charge in [0.25, 0.3) is 5.91 Å². The van der Waals surface area contributed by atoms with Crippen molar-refractivity contribution >= 4 is 11.6 Å². The zero-order chi connectivity index (χ0) is 15.2. The van der Waals surface area contributed by atoms with Crippen molar-refractivity contribution in [3.63, 3.8) is 0 Å². The van der Waals surface area contributed by atoms with Crippen LogP contribution in [-0.2, 0) is 9.47 Å². The zero-order valence-corrected chi connectivity index (χ0v) is 12.9. The fraction of sp³-hybridized carbons (Fsp3) is 0.533. The topological polar surface area (TPSA) is 50.8 Å². The largest absolute Gasteiger partial charge is 0.382 e. The fourth-order valence-electron chi connectivity index (χ4n) is 1.78. The van der Waals surface area contributed by atoms with Gasteiger partial charge in [0.1, 0.15) is 5.60 Å². The molecule has 1 rings (SSSR count). The molecule has 0 radical (unpaired) electrons. The number of nitrogens with one attached hydrogen (secondary N) is 1. The van der Waals surface area contributed by atoms with Gasteiger partial charge in [-0.3, -0.25) is 4.79 Å². The highest BCUT2D eigenvalue weighted by Gasteiger charge is 2.24. The number of benzene rings is 1. The highest BCUT2D eigenvalue weighted by molar-refractivity contribution is 5.95. The normalized spacial score (nSPS) is 13.7. The third-order valence-corrected chi connectivity index (χ3v) is 3.19. The van der Waals surface area contributed by atoms with Crippen LogP contribution in [0.25, 0.3) is 0 Å². The van der Waals surface area contributed by atoms with Crippen molar-refractivity contribution in [3.8, 4) is 0 Å². The summed E-state index contributed by atoms with van der Waals surface area (Å²) in [5.41, 5.74) is 1.10. The molecule has 1 amide bonds. The molecule has 0 fully saturated rings. The lowest BCUT2D eigenvalue weighted by molar-refractivity contribution is -0.0479. The van der Waals surface area contributed by atoms with Crippen LogP contribution in [0.4, 0.5) is 5.69 Å². The number of carbonyl (C=O) groups is 1. The molecule has 0 spiro atoms. The van der Waals surface area contributed by atoms with E-state index in [9.17, 15) is 4.79 Å². The van der Waals surface area contributed by atoms with Gasteiger partial charge in [-0.05, 0) is 25.1 Å². The van der Waals surface area contributed by atoms with Crippen molar-refractivity contribution in [2.75, 3.05) is 46.4 Å². The monoisotopic (exact) mass is 280 g/mol. The van der Waals surface area contributed by atoms with E-state index in [1.54, 1.807) is 20.3 Å². The molecule has 1 aromatic carbocycles. The Morgan fingerprint density at radius 2 is 2.05 bits per heavy atom. The van der Waals surface area contributed by atoms with Crippen LogP contribution < -0.4 is 10.2 Å². The molecule has 112 valence electrons. The third kappa shape index (κ3) is 4.51. The summed E-state index contributed by atoms with van der Waals surface area (Å²) in [7, 11) is 7.10. The number of hydrogen-bond donors (Lipinski definition) is 1. The van der Waals surface area contributed by atoms with Gasteiger partial charge in [-0.2, -0.15) is 0 Å². The van der Waals surface area contributed by atoms with E-state index in [-0.39, 0.29) is 5.91 Å². The average molecular weight is 280 g/mol. The van der Waals surface area contributed by atoms with E-state index in [0.717, 1.165) is 5.69 Å². The number of anilines is 1. The Morgan fingerprint density at radius 3 is 2.60 bits per heavy atom. The first-order valence-electron chi connectivity index (χ1n) is 6.51. The van der Waals surface area contributed by atoms with Crippen molar-refractivity contribution in [1.29, 1.82) is 0 Å². The van der Waals surface area contributed by atoms with Crippen LogP contribution in [0.2, 0.25) is 0 Å². The van der Waals surface area contributed by atoms with E-state index in [1.807, 2.05) is 44.1 Å². The summed E-state index contributed by atoms with van der Waals surface area (Å²) in [6.45, 7) is 2.71. The minimum absolute atomic E-state index is 0.118. The number of carbonyl (C=O) groups excluding carboxylic acids is 1. The van der Waals surface area contributed by atoms with Crippen LogP contribution in [0.1, 0.15) is 17.3 Å². The van der Waals surface area contributed by atoms with Crippen molar-refractivity contribution < 1.29 is 14.3 Å². The van der Waals surface area contributed by atoms with Gasteiger partial charge in [-0.1, -0.05) is 6.07 Å². The maximum Gasteiger partial charge on any atom is 0.251 e. The van der Waals surface area contributed by atoms with Gasteiger partial charge in [0.05, 0.1) is 6.61 Å². The number of methoxy groups -OCH3 is 2. The van der Waals surface area contributed by atoms with Gasteiger partial charge < -0.3 is 19.7 Å². The van der Waals surface area contributed by atoms with E-state index in [4.69, 9.17) is 9.47 Å². The third-order valence-electron chi connectivity index (χ3n) is 3.19. The number of rotatable bonds is 7. The molecule has 0 aliphatic rings. The Kier molecular flexibility index (Phi) is 5.98.